The van der Waals surface area contributed by atoms with Crippen LogP contribution in [0.4, 0.5) is 0 Å². The molecule has 0 unspecified atom stereocenters. The molecule has 2 heteroatoms. The third-order valence-corrected chi connectivity index (χ3v) is 5.39. The molecule has 1 fully saturated rings. The predicted molar refractivity (Wildman–Crippen MR) is 84.2 cm³/mol. The molecule has 1 aliphatic carbocycles. The molecule has 0 spiro atoms. The molecule has 1 saturated carbocycles. The van der Waals surface area contributed by atoms with Gasteiger partial charge in [0, 0.05) is 10.9 Å². The Morgan fingerprint density at radius 2 is 1.79 bits per heavy atom. The van der Waals surface area contributed by atoms with Crippen LogP contribution in [0, 0.1) is 11.3 Å². The maximum absolute atomic E-state index is 10.8. The molecule has 106 valence electrons. The van der Waals surface area contributed by atoms with Crippen molar-refractivity contribution in [2.45, 2.75) is 58.5 Å². The Kier molecular flexibility index (Phi) is 4.42. The molecule has 0 amide bonds. The minimum Gasteiger partial charge on any atom is -0.390 e. The van der Waals surface area contributed by atoms with Crippen molar-refractivity contribution in [2.24, 2.45) is 11.3 Å². The van der Waals surface area contributed by atoms with Gasteiger partial charge in [-0.1, -0.05) is 54.9 Å². The highest BCUT2D eigenvalue weighted by Crippen LogP contribution is 2.42. The Bertz CT molecular complexity index is 425. The Morgan fingerprint density at radius 1 is 1.21 bits per heavy atom. The first kappa shape index (κ1) is 15.1. The van der Waals surface area contributed by atoms with Gasteiger partial charge in [-0.05, 0) is 48.6 Å². The highest BCUT2D eigenvalue weighted by atomic mass is 79.9. The zero-order valence-corrected chi connectivity index (χ0v) is 13.8. The van der Waals surface area contributed by atoms with E-state index in [1.54, 1.807) is 0 Å². The molecule has 0 radical (unpaired) electrons. The molecule has 0 heterocycles. The zero-order valence-electron chi connectivity index (χ0n) is 12.2. The lowest BCUT2D eigenvalue weighted by Crippen LogP contribution is -2.39. The highest BCUT2D eigenvalue weighted by molar-refractivity contribution is 9.10. The Balaban J connectivity index is 2.01. The lowest BCUT2D eigenvalue weighted by Gasteiger charge is -2.41. The molecule has 1 aromatic carbocycles. The van der Waals surface area contributed by atoms with Crippen LogP contribution in [0.1, 0.15) is 52.0 Å². The average molecular weight is 325 g/mol. The number of aliphatic hydroxyl groups is 1. The van der Waals surface area contributed by atoms with E-state index in [0.717, 1.165) is 42.5 Å². The van der Waals surface area contributed by atoms with Crippen LogP contribution in [-0.2, 0) is 6.42 Å². The molecule has 0 atom stereocenters. The highest BCUT2D eigenvalue weighted by Gasteiger charge is 2.37. The van der Waals surface area contributed by atoms with Crippen molar-refractivity contribution >= 4 is 15.9 Å². The van der Waals surface area contributed by atoms with E-state index in [0.29, 0.717) is 5.41 Å². The first-order valence-electron chi connectivity index (χ1n) is 7.26. The molecule has 1 aromatic rings. The van der Waals surface area contributed by atoms with Gasteiger partial charge in [-0.25, -0.2) is 0 Å². The van der Waals surface area contributed by atoms with E-state index in [1.165, 1.54) is 5.56 Å². The van der Waals surface area contributed by atoms with Crippen LogP contribution >= 0.6 is 15.9 Å². The molecule has 0 bridgehead atoms. The summed E-state index contributed by atoms with van der Waals surface area (Å²) in [5.41, 5.74) is 1.08. The van der Waals surface area contributed by atoms with Crippen LogP contribution in [0.3, 0.4) is 0 Å². The zero-order chi connectivity index (χ0) is 14.1. The number of hydrogen-bond donors (Lipinski definition) is 1. The van der Waals surface area contributed by atoms with E-state index in [1.807, 2.05) is 12.1 Å². The predicted octanol–water partition coefficient (Wildman–Crippen LogP) is 4.96. The average Bonchev–Trinajstić information content (AvgIpc) is 2.31. The first-order valence-corrected chi connectivity index (χ1v) is 8.05. The van der Waals surface area contributed by atoms with Crippen molar-refractivity contribution in [3.63, 3.8) is 0 Å². The molecule has 2 rings (SSSR count). The summed E-state index contributed by atoms with van der Waals surface area (Å²) in [6.07, 6.45) is 4.91. The monoisotopic (exact) mass is 324 g/mol. The van der Waals surface area contributed by atoms with E-state index < -0.39 is 5.60 Å². The smallest absolute Gasteiger partial charge is 0.0688 e. The van der Waals surface area contributed by atoms with E-state index in [4.69, 9.17) is 0 Å². The molecular weight excluding hydrogens is 300 g/mol. The quantitative estimate of drug-likeness (QED) is 0.815. The lowest BCUT2D eigenvalue weighted by atomic mass is 9.67. The van der Waals surface area contributed by atoms with Gasteiger partial charge in [-0.2, -0.15) is 0 Å². The number of benzene rings is 1. The van der Waals surface area contributed by atoms with Crippen molar-refractivity contribution in [3.8, 4) is 0 Å². The molecule has 0 aliphatic heterocycles. The van der Waals surface area contributed by atoms with Gasteiger partial charge < -0.3 is 5.11 Å². The van der Waals surface area contributed by atoms with Crippen LogP contribution in [0.5, 0.6) is 0 Å². The molecule has 1 nitrogen and oxygen atoms in total. The van der Waals surface area contributed by atoms with Gasteiger partial charge in [0.05, 0.1) is 5.60 Å². The summed E-state index contributed by atoms with van der Waals surface area (Å²) in [6.45, 7) is 6.95. The van der Waals surface area contributed by atoms with E-state index in [-0.39, 0.29) is 0 Å². The second kappa shape index (κ2) is 5.57. The minimum atomic E-state index is -0.508. The van der Waals surface area contributed by atoms with Crippen LogP contribution in [-0.4, -0.2) is 10.7 Å². The third-order valence-electron chi connectivity index (χ3n) is 4.62. The maximum atomic E-state index is 10.8. The fourth-order valence-corrected chi connectivity index (χ4v) is 3.62. The maximum Gasteiger partial charge on any atom is 0.0688 e. The van der Waals surface area contributed by atoms with Crippen molar-refractivity contribution in [1.29, 1.82) is 0 Å². The fourth-order valence-electron chi connectivity index (χ4n) is 3.19. The Hall–Kier alpha value is -0.340. The normalized spacial score (nSPS) is 28.4. The van der Waals surface area contributed by atoms with E-state index in [2.05, 4.69) is 48.8 Å². The van der Waals surface area contributed by atoms with Crippen LogP contribution < -0.4 is 0 Å². The molecule has 1 aliphatic rings. The van der Waals surface area contributed by atoms with E-state index >= 15 is 0 Å². The topological polar surface area (TPSA) is 20.2 Å². The summed E-state index contributed by atoms with van der Waals surface area (Å²) in [5.74, 6) is 0.743. The van der Waals surface area contributed by atoms with Gasteiger partial charge in [0.25, 0.3) is 0 Å². The standard InChI is InChI=1S/C17H25BrO/c1-16(2,3)14-8-10-17(19,11-9-14)12-13-6-4-5-7-15(13)18/h4-7,14,19H,8-12H2,1-3H3. The molecular formula is C17H25BrO. The summed E-state index contributed by atoms with van der Waals surface area (Å²) < 4.78 is 1.11. The number of rotatable bonds is 2. The summed E-state index contributed by atoms with van der Waals surface area (Å²) in [4.78, 5) is 0. The SMILES string of the molecule is CC(C)(C)C1CCC(O)(Cc2ccccc2Br)CC1. The molecule has 0 aromatic heterocycles. The molecule has 19 heavy (non-hydrogen) atoms. The summed E-state index contributed by atoms with van der Waals surface area (Å²) >= 11 is 3.58. The van der Waals surface area contributed by atoms with Crippen molar-refractivity contribution in [3.05, 3.63) is 34.3 Å². The third kappa shape index (κ3) is 3.82. The van der Waals surface area contributed by atoms with Gasteiger partial charge in [0.1, 0.15) is 0 Å². The Morgan fingerprint density at radius 3 is 2.32 bits per heavy atom. The van der Waals surface area contributed by atoms with Crippen molar-refractivity contribution < 1.29 is 5.11 Å². The van der Waals surface area contributed by atoms with Gasteiger partial charge in [0.2, 0.25) is 0 Å². The largest absolute Gasteiger partial charge is 0.390 e. The Labute approximate surface area is 125 Å². The van der Waals surface area contributed by atoms with E-state index in [9.17, 15) is 5.11 Å². The molecule has 0 saturated heterocycles. The fraction of sp³-hybridized carbons (Fsp3) is 0.647. The van der Waals surface area contributed by atoms with Gasteiger partial charge in [-0.15, -0.1) is 0 Å². The first-order chi connectivity index (χ1) is 8.80. The van der Waals surface area contributed by atoms with Crippen molar-refractivity contribution in [2.75, 3.05) is 0 Å². The summed E-state index contributed by atoms with van der Waals surface area (Å²) in [6, 6.07) is 8.23. The van der Waals surface area contributed by atoms with Crippen LogP contribution in [0.25, 0.3) is 0 Å². The number of hydrogen-bond acceptors (Lipinski definition) is 1. The lowest BCUT2D eigenvalue weighted by molar-refractivity contribution is -0.0246. The summed E-state index contributed by atoms with van der Waals surface area (Å²) in [7, 11) is 0. The van der Waals surface area contributed by atoms with Gasteiger partial charge in [0.15, 0.2) is 0 Å². The second-order valence-electron chi connectivity index (χ2n) is 7.13. The summed E-state index contributed by atoms with van der Waals surface area (Å²) in [5, 5.41) is 10.8. The van der Waals surface area contributed by atoms with Crippen LogP contribution in [0.15, 0.2) is 28.7 Å². The molecule has 1 N–H and O–H groups in total. The minimum absolute atomic E-state index is 0.370. The second-order valence-corrected chi connectivity index (χ2v) is 7.99. The van der Waals surface area contributed by atoms with Gasteiger partial charge >= 0.3 is 0 Å². The van der Waals surface area contributed by atoms with Crippen molar-refractivity contribution in [1.82, 2.24) is 0 Å². The van der Waals surface area contributed by atoms with Crippen LogP contribution in [0.2, 0.25) is 0 Å². The number of halogens is 1. The van der Waals surface area contributed by atoms with Gasteiger partial charge in [-0.3, -0.25) is 0 Å².